The first-order valence-electron chi connectivity index (χ1n) is 12.0. The maximum atomic E-state index is 13.4. The predicted molar refractivity (Wildman–Crippen MR) is 140 cm³/mol. The second-order valence-corrected chi connectivity index (χ2v) is 10.6. The van der Waals surface area contributed by atoms with Crippen molar-refractivity contribution >= 4 is 40.5 Å². The Labute approximate surface area is 215 Å². The molecule has 0 unspecified atom stereocenters. The number of carbonyl (C=O) groups is 2. The summed E-state index contributed by atoms with van der Waals surface area (Å²) < 4.78 is 8.65. The van der Waals surface area contributed by atoms with Crippen LogP contribution in [0.25, 0.3) is 11.0 Å². The molecule has 1 fully saturated rings. The van der Waals surface area contributed by atoms with Crippen molar-refractivity contribution in [1.82, 2.24) is 19.4 Å². The maximum absolute atomic E-state index is 13.4. The number of halogens is 1. The maximum Gasteiger partial charge on any atom is 0.407 e. The molecule has 0 bridgehead atoms. The largest absolute Gasteiger partial charge is 0.444 e. The number of imidazole rings is 1. The van der Waals surface area contributed by atoms with Crippen LogP contribution in [-0.4, -0.2) is 50.7 Å². The van der Waals surface area contributed by atoms with Gasteiger partial charge in [-0.3, -0.25) is 9.59 Å². The minimum atomic E-state index is -0.587. The van der Waals surface area contributed by atoms with Crippen LogP contribution in [0, 0.1) is 0 Å². The second-order valence-electron chi connectivity index (χ2n) is 10.2. The monoisotopic (exact) mass is 513 g/mol. The first kappa shape index (κ1) is 25.8. The van der Waals surface area contributed by atoms with E-state index in [1.54, 1.807) is 13.1 Å². The molecule has 1 aliphatic rings. The van der Waals surface area contributed by atoms with Gasteiger partial charge in [-0.2, -0.15) is 0 Å². The number of ether oxygens (including phenoxy) is 1. The van der Waals surface area contributed by atoms with Crippen LogP contribution < -0.4 is 15.8 Å². The molecule has 192 valence electrons. The van der Waals surface area contributed by atoms with Crippen molar-refractivity contribution in [2.75, 3.05) is 18.0 Å². The highest BCUT2D eigenvalue weighted by molar-refractivity contribution is 6.31. The Balaban J connectivity index is 1.76. The Bertz CT molecular complexity index is 1370. The third-order valence-corrected chi connectivity index (χ3v) is 6.56. The fourth-order valence-corrected chi connectivity index (χ4v) is 4.75. The van der Waals surface area contributed by atoms with E-state index in [-0.39, 0.29) is 17.4 Å². The SMILES string of the molecule is CC(=O)c1cc2nc(N3CCC[C@@H](NC(=O)OC(C)(C)C)C3)n(Cc3ccccc3Cl)c2c(=O)n1C. The Hall–Kier alpha value is -3.33. The van der Waals surface area contributed by atoms with E-state index in [9.17, 15) is 14.4 Å². The lowest BCUT2D eigenvalue weighted by Gasteiger charge is -2.34. The van der Waals surface area contributed by atoms with Gasteiger partial charge in [0.25, 0.3) is 5.56 Å². The first-order valence-corrected chi connectivity index (χ1v) is 12.4. The zero-order valence-electron chi connectivity index (χ0n) is 21.3. The third-order valence-electron chi connectivity index (χ3n) is 6.19. The number of piperidine rings is 1. The Kier molecular flexibility index (Phi) is 7.13. The molecule has 1 amide bonds. The lowest BCUT2D eigenvalue weighted by atomic mass is 10.1. The van der Waals surface area contributed by atoms with Crippen LogP contribution >= 0.6 is 11.6 Å². The lowest BCUT2D eigenvalue weighted by Crippen LogP contribution is -2.49. The van der Waals surface area contributed by atoms with Gasteiger partial charge in [0.15, 0.2) is 5.78 Å². The van der Waals surface area contributed by atoms with Crippen LogP contribution in [0.3, 0.4) is 0 Å². The number of benzene rings is 1. The molecule has 3 heterocycles. The van der Waals surface area contributed by atoms with Crippen LogP contribution in [0.5, 0.6) is 0 Å². The van der Waals surface area contributed by atoms with Gasteiger partial charge in [0, 0.05) is 38.1 Å². The van der Waals surface area contributed by atoms with Gasteiger partial charge in [-0.05, 0) is 51.3 Å². The van der Waals surface area contributed by atoms with Crippen LogP contribution in [-0.2, 0) is 18.3 Å². The van der Waals surface area contributed by atoms with E-state index in [2.05, 4.69) is 10.2 Å². The van der Waals surface area contributed by atoms with Crippen LogP contribution in [0.2, 0.25) is 5.02 Å². The molecule has 10 heteroatoms. The number of hydrogen-bond donors (Lipinski definition) is 1. The molecule has 1 N–H and O–H groups in total. The average molecular weight is 514 g/mol. The van der Waals surface area contributed by atoms with Gasteiger partial charge >= 0.3 is 6.09 Å². The smallest absolute Gasteiger partial charge is 0.407 e. The zero-order valence-corrected chi connectivity index (χ0v) is 22.1. The molecule has 0 radical (unpaired) electrons. The Morgan fingerprint density at radius 2 is 1.97 bits per heavy atom. The molecule has 3 aromatic rings. The molecule has 0 spiro atoms. The summed E-state index contributed by atoms with van der Waals surface area (Å²) in [5.41, 5.74) is 1.11. The van der Waals surface area contributed by atoms with E-state index >= 15 is 0 Å². The van der Waals surface area contributed by atoms with Gasteiger partial charge in [-0.1, -0.05) is 29.8 Å². The quantitative estimate of drug-likeness (QED) is 0.515. The summed E-state index contributed by atoms with van der Waals surface area (Å²) in [5, 5.41) is 3.55. The van der Waals surface area contributed by atoms with Crippen molar-refractivity contribution in [3.8, 4) is 0 Å². The van der Waals surface area contributed by atoms with Crippen LogP contribution in [0.4, 0.5) is 10.7 Å². The number of Topliss-reactive ketones (excluding diaryl/α,β-unsaturated/α-hetero) is 1. The summed E-state index contributed by atoms with van der Waals surface area (Å²) in [5.74, 6) is 0.386. The first-order chi connectivity index (χ1) is 16.9. The number of hydrogen-bond acceptors (Lipinski definition) is 6. The summed E-state index contributed by atoms with van der Waals surface area (Å²) in [6.07, 6.45) is 1.17. The van der Waals surface area contributed by atoms with Crippen molar-refractivity contribution in [3.05, 3.63) is 57.0 Å². The molecule has 1 aromatic carbocycles. The number of nitrogens with one attached hydrogen (secondary N) is 1. The van der Waals surface area contributed by atoms with Crippen molar-refractivity contribution in [2.24, 2.45) is 7.05 Å². The van der Waals surface area contributed by atoms with Gasteiger partial charge in [0.1, 0.15) is 11.1 Å². The van der Waals surface area contributed by atoms with Crippen LogP contribution in [0.15, 0.2) is 35.1 Å². The standard InChI is InChI=1S/C26H32ClN5O4/c1-16(33)21-13-20-22(23(34)30(21)5)32(14-17-9-6-7-11-19(17)27)24(29-20)31-12-8-10-18(15-31)28-25(35)36-26(2,3)4/h6-7,9,11,13,18H,8,10,12,14-15H2,1-5H3,(H,28,35)/t18-/m1/s1. The molecular weight excluding hydrogens is 482 g/mol. The highest BCUT2D eigenvalue weighted by Gasteiger charge is 2.28. The van der Waals surface area contributed by atoms with E-state index in [0.717, 1.165) is 18.4 Å². The number of fused-ring (bicyclic) bond motifs is 1. The van der Waals surface area contributed by atoms with E-state index in [1.807, 2.05) is 49.6 Å². The summed E-state index contributed by atoms with van der Waals surface area (Å²) in [4.78, 5) is 44.8. The Morgan fingerprint density at radius 1 is 1.25 bits per heavy atom. The molecule has 9 nitrogen and oxygen atoms in total. The number of pyridine rings is 1. The van der Waals surface area contributed by atoms with Gasteiger partial charge < -0.3 is 24.1 Å². The number of carbonyl (C=O) groups excluding carboxylic acids is 2. The summed E-state index contributed by atoms with van der Waals surface area (Å²) >= 11 is 6.46. The van der Waals surface area contributed by atoms with Gasteiger partial charge in [0.2, 0.25) is 5.95 Å². The predicted octanol–water partition coefficient (Wildman–Crippen LogP) is 4.13. The van der Waals surface area contributed by atoms with E-state index in [4.69, 9.17) is 21.3 Å². The molecule has 0 saturated carbocycles. The van der Waals surface area contributed by atoms with Crippen molar-refractivity contribution in [2.45, 2.75) is 58.7 Å². The van der Waals surface area contributed by atoms with Crippen molar-refractivity contribution < 1.29 is 14.3 Å². The number of aromatic nitrogens is 3. The zero-order chi connectivity index (χ0) is 26.2. The highest BCUT2D eigenvalue weighted by Crippen LogP contribution is 2.27. The topological polar surface area (TPSA) is 98.5 Å². The van der Waals surface area contributed by atoms with Gasteiger partial charge in [0.05, 0.1) is 17.8 Å². The highest BCUT2D eigenvalue weighted by atomic mass is 35.5. The number of amides is 1. The number of alkyl carbamates (subject to hydrolysis) is 1. The third kappa shape index (κ3) is 5.41. The number of anilines is 1. The molecule has 36 heavy (non-hydrogen) atoms. The number of nitrogens with zero attached hydrogens (tertiary/aromatic N) is 4. The molecule has 1 saturated heterocycles. The number of rotatable bonds is 5. The molecular formula is C26H32ClN5O4. The molecule has 0 aliphatic carbocycles. The fraction of sp³-hybridized carbons (Fsp3) is 0.462. The normalized spacial score (nSPS) is 16.3. The summed E-state index contributed by atoms with van der Waals surface area (Å²) in [6, 6.07) is 8.99. The summed E-state index contributed by atoms with van der Waals surface area (Å²) in [7, 11) is 1.59. The van der Waals surface area contributed by atoms with Crippen molar-refractivity contribution in [1.29, 1.82) is 0 Å². The fourth-order valence-electron chi connectivity index (χ4n) is 4.56. The van der Waals surface area contributed by atoms with Crippen molar-refractivity contribution in [3.63, 3.8) is 0 Å². The lowest BCUT2D eigenvalue weighted by molar-refractivity contribution is 0.0499. The van der Waals surface area contributed by atoms with E-state index in [1.165, 1.54) is 11.5 Å². The van der Waals surface area contributed by atoms with Gasteiger partial charge in [-0.15, -0.1) is 0 Å². The van der Waals surface area contributed by atoms with Gasteiger partial charge in [-0.25, -0.2) is 9.78 Å². The summed E-state index contributed by atoms with van der Waals surface area (Å²) in [6.45, 7) is 8.45. The molecule has 2 aromatic heterocycles. The molecule has 1 aliphatic heterocycles. The molecule has 1 atom stereocenters. The number of ketones is 1. The minimum Gasteiger partial charge on any atom is -0.444 e. The average Bonchev–Trinajstić information content (AvgIpc) is 3.15. The van der Waals surface area contributed by atoms with Crippen LogP contribution in [0.1, 0.15) is 56.6 Å². The van der Waals surface area contributed by atoms with E-state index < -0.39 is 11.7 Å². The Morgan fingerprint density at radius 3 is 2.64 bits per heavy atom. The van der Waals surface area contributed by atoms with E-state index in [0.29, 0.717) is 47.3 Å². The minimum absolute atomic E-state index is 0.141. The second kappa shape index (κ2) is 9.97. The molecule has 4 rings (SSSR count).